The van der Waals surface area contributed by atoms with E-state index in [1.165, 1.54) is 13.4 Å². The van der Waals surface area contributed by atoms with Crippen molar-refractivity contribution in [2.24, 2.45) is 5.41 Å². The molecule has 1 rings (SSSR count). The predicted molar refractivity (Wildman–Crippen MR) is 67.7 cm³/mol. The summed E-state index contributed by atoms with van der Waals surface area (Å²) in [6.45, 7) is 5.93. The number of hydrogen-bond acceptors (Lipinski definition) is 5. The number of aromatic nitrogens is 2. The Labute approximate surface area is 106 Å². The van der Waals surface area contributed by atoms with Crippen molar-refractivity contribution in [1.82, 2.24) is 9.97 Å². The molecule has 2 N–H and O–H groups in total. The molecule has 18 heavy (non-hydrogen) atoms. The van der Waals surface area contributed by atoms with Gasteiger partial charge in [0, 0.05) is 12.1 Å². The molecule has 0 aromatic carbocycles. The van der Waals surface area contributed by atoms with Crippen LogP contribution in [0.2, 0.25) is 0 Å². The third kappa shape index (κ3) is 4.20. The van der Waals surface area contributed by atoms with Crippen molar-refractivity contribution in [3.63, 3.8) is 0 Å². The molecule has 1 aromatic rings. The van der Waals surface area contributed by atoms with Crippen LogP contribution in [0.4, 0.5) is 5.82 Å². The third-order valence-corrected chi connectivity index (χ3v) is 2.60. The molecule has 100 valence electrons. The molecule has 1 atom stereocenters. The number of nitrogens with one attached hydrogen (secondary N) is 1. The fourth-order valence-electron chi connectivity index (χ4n) is 1.46. The van der Waals surface area contributed by atoms with Crippen LogP contribution in [0.1, 0.15) is 27.2 Å². The summed E-state index contributed by atoms with van der Waals surface area (Å²) in [5.74, 6) is 0.155. The van der Waals surface area contributed by atoms with Gasteiger partial charge in [0.15, 0.2) is 0 Å². The zero-order valence-electron chi connectivity index (χ0n) is 11.1. The van der Waals surface area contributed by atoms with Gasteiger partial charge in [-0.15, -0.1) is 0 Å². The van der Waals surface area contributed by atoms with Gasteiger partial charge in [0.25, 0.3) is 0 Å². The summed E-state index contributed by atoms with van der Waals surface area (Å²) in [5, 5.41) is 12.0. The van der Waals surface area contributed by atoms with Crippen molar-refractivity contribution < 1.29 is 14.6 Å². The Morgan fingerprint density at radius 3 is 2.67 bits per heavy atom. The lowest BCUT2D eigenvalue weighted by Gasteiger charge is -2.30. The zero-order chi connectivity index (χ0) is 13.8. The number of ether oxygens (including phenoxy) is 1. The summed E-state index contributed by atoms with van der Waals surface area (Å²) < 4.78 is 5.00. The molecule has 0 saturated heterocycles. The molecule has 0 amide bonds. The maximum atomic E-state index is 10.9. The van der Waals surface area contributed by atoms with Crippen LogP contribution in [0, 0.1) is 5.41 Å². The Morgan fingerprint density at radius 2 is 2.17 bits per heavy atom. The summed E-state index contributed by atoms with van der Waals surface area (Å²) in [6.07, 6.45) is 1.40. The van der Waals surface area contributed by atoms with Crippen molar-refractivity contribution in [1.29, 1.82) is 0 Å². The number of carboxylic acids is 1. The van der Waals surface area contributed by atoms with Gasteiger partial charge >= 0.3 is 5.97 Å². The van der Waals surface area contributed by atoms with Gasteiger partial charge < -0.3 is 15.2 Å². The highest BCUT2D eigenvalue weighted by Gasteiger charge is 2.27. The van der Waals surface area contributed by atoms with Gasteiger partial charge in [-0.3, -0.25) is 4.79 Å². The third-order valence-electron chi connectivity index (χ3n) is 2.60. The van der Waals surface area contributed by atoms with Crippen LogP contribution >= 0.6 is 0 Å². The highest BCUT2D eigenvalue weighted by atomic mass is 16.5. The van der Waals surface area contributed by atoms with E-state index in [1.807, 2.05) is 20.8 Å². The second-order valence-corrected chi connectivity index (χ2v) is 5.11. The lowest BCUT2D eigenvalue weighted by molar-refractivity contribution is -0.137. The first-order valence-corrected chi connectivity index (χ1v) is 5.67. The number of aliphatic carboxylic acids is 1. The van der Waals surface area contributed by atoms with E-state index < -0.39 is 5.97 Å². The SMILES string of the molecule is COc1cc(NC(CC(=O)O)C(C)(C)C)ncn1. The second kappa shape index (κ2) is 5.66. The zero-order valence-corrected chi connectivity index (χ0v) is 11.1. The van der Waals surface area contributed by atoms with Crippen molar-refractivity contribution >= 4 is 11.8 Å². The number of carbonyl (C=O) groups is 1. The number of anilines is 1. The van der Waals surface area contributed by atoms with Crippen LogP contribution < -0.4 is 10.1 Å². The number of methoxy groups -OCH3 is 1. The number of rotatable bonds is 5. The van der Waals surface area contributed by atoms with E-state index in [4.69, 9.17) is 9.84 Å². The van der Waals surface area contributed by atoms with Gasteiger partial charge in [0.1, 0.15) is 12.1 Å². The first-order chi connectivity index (χ1) is 8.32. The highest BCUT2D eigenvalue weighted by molar-refractivity contribution is 5.68. The Balaban J connectivity index is 2.85. The van der Waals surface area contributed by atoms with E-state index in [0.717, 1.165) is 0 Å². The Hall–Kier alpha value is -1.85. The fraction of sp³-hybridized carbons (Fsp3) is 0.583. The van der Waals surface area contributed by atoms with E-state index in [0.29, 0.717) is 11.7 Å². The van der Waals surface area contributed by atoms with Gasteiger partial charge in [0.05, 0.1) is 13.5 Å². The van der Waals surface area contributed by atoms with Crippen LogP contribution in [0.15, 0.2) is 12.4 Å². The summed E-state index contributed by atoms with van der Waals surface area (Å²) in [4.78, 5) is 18.8. The molecular weight excluding hydrogens is 234 g/mol. The van der Waals surface area contributed by atoms with E-state index in [2.05, 4.69) is 15.3 Å². The molecule has 1 unspecified atom stereocenters. The van der Waals surface area contributed by atoms with Crippen LogP contribution in [-0.2, 0) is 4.79 Å². The first kappa shape index (κ1) is 14.2. The van der Waals surface area contributed by atoms with E-state index in [-0.39, 0.29) is 17.9 Å². The smallest absolute Gasteiger partial charge is 0.305 e. The summed E-state index contributed by atoms with van der Waals surface area (Å²) in [6, 6.07) is 1.41. The summed E-state index contributed by atoms with van der Waals surface area (Å²) in [7, 11) is 1.52. The van der Waals surface area contributed by atoms with Gasteiger partial charge in [-0.05, 0) is 5.41 Å². The molecule has 0 aliphatic rings. The largest absolute Gasteiger partial charge is 0.481 e. The Morgan fingerprint density at radius 1 is 1.50 bits per heavy atom. The first-order valence-electron chi connectivity index (χ1n) is 5.67. The van der Waals surface area contributed by atoms with Crippen LogP contribution in [0.3, 0.4) is 0 Å². The summed E-state index contributed by atoms with van der Waals surface area (Å²) >= 11 is 0. The minimum atomic E-state index is -0.844. The predicted octanol–water partition coefficient (Wildman–Crippen LogP) is 1.79. The van der Waals surface area contributed by atoms with Gasteiger partial charge in [-0.2, -0.15) is 0 Å². The normalized spacial score (nSPS) is 12.9. The fourth-order valence-corrected chi connectivity index (χ4v) is 1.46. The quantitative estimate of drug-likeness (QED) is 0.832. The average Bonchev–Trinajstić information content (AvgIpc) is 2.26. The van der Waals surface area contributed by atoms with E-state index >= 15 is 0 Å². The standard InChI is InChI=1S/C12H19N3O3/c1-12(2,3)8(5-11(16)17)15-9-6-10(18-4)14-7-13-9/h6-8H,5H2,1-4H3,(H,16,17)(H,13,14,15). The number of nitrogens with zero attached hydrogens (tertiary/aromatic N) is 2. The summed E-state index contributed by atoms with van der Waals surface area (Å²) in [5.41, 5.74) is -0.198. The van der Waals surface area contributed by atoms with Gasteiger partial charge in [-0.1, -0.05) is 20.8 Å². The Kier molecular flexibility index (Phi) is 4.47. The average molecular weight is 253 g/mol. The van der Waals surface area contributed by atoms with Gasteiger partial charge in [0.2, 0.25) is 5.88 Å². The molecule has 0 aliphatic carbocycles. The molecule has 6 heteroatoms. The van der Waals surface area contributed by atoms with Crippen LogP contribution in [0.5, 0.6) is 5.88 Å². The molecule has 1 aromatic heterocycles. The van der Waals surface area contributed by atoms with E-state index in [1.54, 1.807) is 6.07 Å². The number of hydrogen-bond donors (Lipinski definition) is 2. The maximum absolute atomic E-state index is 10.9. The molecule has 0 spiro atoms. The topological polar surface area (TPSA) is 84.3 Å². The van der Waals surface area contributed by atoms with Crippen molar-refractivity contribution in [2.75, 3.05) is 12.4 Å². The maximum Gasteiger partial charge on any atom is 0.305 e. The lowest BCUT2D eigenvalue weighted by Crippen LogP contribution is -2.36. The van der Waals surface area contributed by atoms with Crippen molar-refractivity contribution in [3.8, 4) is 5.88 Å². The molecule has 0 bridgehead atoms. The molecule has 6 nitrogen and oxygen atoms in total. The van der Waals surface area contributed by atoms with Crippen molar-refractivity contribution in [3.05, 3.63) is 12.4 Å². The molecule has 0 aliphatic heterocycles. The van der Waals surface area contributed by atoms with E-state index in [9.17, 15) is 4.79 Å². The second-order valence-electron chi connectivity index (χ2n) is 5.11. The van der Waals surface area contributed by atoms with Gasteiger partial charge in [-0.25, -0.2) is 9.97 Å². The molecule has 0 fully saturated rings. The lowest BCUT2D eigenvalue weighted by atomic mass is 9.85. The minimum absolute atomic E-state index is 0.0236. The highest BCUT2D eigenvalue weighted by Crippen LogP contribution is 2.25. The Bertz CT molecular complexity index is 415. The molecule has 0 radical (unpaired) electrons. The monoisotopic (exact) mass is 253 g/mol. The minimum Gasteiger partial charge on any atom is -0.481 e. The molecular formula is C12H19N3O3. The van der Waals surface area contributed by atoms with Crippen LogP contribution in [0.25, 0.3) is 0 Å². The molecule has 0 saturated carbocycles. The van der Waals surface area contributed by atoms with Crippen LogP contribution in [-0.4, -0.2) is 34.2 Å². The van der Waals surface area contributed by atoms with Crippen molar-refractivity contribution in [2.45, 2.75) is 33.2 Å². The number of carboxylic acid groups (broad SMARTS) is 1. The molecule has 1 heterocycles.